The van der Waals surface area contributed by atoms with Crippen molar-refractivity contribution >= 4 is 11.9 Å². The van der Waals surface area contributed by atoms with E-state index in [0.717, 1.165) is 12.1 Å². The maximum Gasteiger partial charge on any atom is 0.417 e. The van der Waals surface area contributed by atoms with E-state index >= 15 is 0 Å². The lowest BCUT2D eigenvalue weighted by atomic mass is 9.98. The number of aromatic nitrogens is 1. The first-order valence-corrected chi connectivity index (χ1v) is 7.44. The van der Waals surface area contributed by atoms with E-state index in [1.807, 2.05) is 0 Å². The zero-order chi connectivity index (χ0) is 18.2. The van der Waals surface area contributed by atoms with Crippen LogP contribution in [0.5, 0.6) is 0 Å². The molecule has 0 aliphatic carbocycles. The standard InChI is InChI=1S/C17H13F3N2O3/c18-17(19,20)13-4-2-1-3-11(13)15(23)22-8-6-14-12(9-22)10(16(24)25)5-7-21-14/h1-5,7H,6,8-9H2,(H,24,25). The summed E-state index contributed by atoms with van der Waals surface area (Å²) in [4.78, 5) is 29.3. The number of carbonyl (C=O) groups excluding carboxylic acids is 1. The van der Waals surface area contributed by atoms with Crippen LogP contribution in [0.1, 0.15) is 37.5 Å². The largest absolute Gasteiger partial charge is 0.478 e. The normalized spacial score (nSPS) is 14.1. The molecule has 0 saturated heterocycles. The number of pyridine rings is 1. The Kier molecular flexibility index (Phi) is 4.20. The van der Waals surface area contributed by atoms with Crippen molar-refractivity contribution in [3.63, 3.8) is 0 Å². The molecule has 0 fully saturated rings. The molecule has 3 rings (SSSR count). The molecule has 0 unspecified atom stereocenters. The van der Waals surface area contributed by atoms with E-state index in [2.05, 4.69) is 4.98 Å². The number of rotatable bonds is 2. The van der Waals surface area contributed by atoms with Crippen molar-refractivity contribution in [1.29, 1.82) is 0 Å². The van der Waals surface area contributed by atoms with Gasteiger partial charge in [0.2, 0.25) is 0 Å². The van der Waals surface area contributed by atoms with Crippen LogP contribution in [0.3, 0.4) is 0 Å². The van der Waals surface area contributed by atoms with Crippen LogP contribution in [0.15, 0.2) is 36.5 Å². The van der Waals surface area contributed by atoms with Crippen LogP contribution in [0, 0.1) is 0 Å². The van der Waals surface area contributed by atoms with E-state index < -0.39 is 29.2 Å². The summed E-state index contributed by atoms with van der Waals surface area (Å²) in [5, 5.41) is 9.25. The number of hydrogen-bond acceptors (Lipinski definition) is 3. The topological polar surface area (TPSA) is 70.5 Å². The number of halogens is 3. The Hall–Kier alpha value is -2.90. The fourth-order valence-electron chi connectivity index (χ4n) is 2.90. The lowest BCUT2D eigenvalue weighted by Gasteiger charge is -2.29. The Labute approximate surface area is 140 Å². The molecular weight excluding hydrogens is 337 g/mol. The van der Waals surface area contributed by atoms with Gasteiger partial charge in [0.1, 0.15) is 0 Å². The zero-order valence-corrected chi connectivity index (χ0v) is 12.9. The minimum Gasteiger partial charge on any atom is -0.478 e. The first-order chi connectivity index (χ1) is 11.8. The van der Waals surface area contributed by atoms with Crippen molar-refractivity contribution in [2.45, 2.75) is 19.1 Å². The molecule has 0 spiro atoms. The Bertz CT molecular complexity index is 849. The fourth-order valence-corrected chi connectivity index (χ4v) is 2.90. The molecule has 0 bridgehead atoms. The molecule has 0 saturated carbocycles. The maximum absolute atomic E-state index is 13.1. The first-order valence-electron chi connectivity index (χ1n) is 7.44. The zero-order valence-electron chi connectivity index (χ0n) is 12.9. The highest BCUT2D eigenvalue weighted by Crippen LogP contribution is 2.33. The summed E-state index contributed by atoms with van der Waals surface area (Å²) in [7, 11) is 0. The summed E-state index contributed by atoms with van der Waals surface area (Å²) in [6.45, 7) is 0.0872. The van der Waals surface area contributed by atoms with Crippen molar-refractivity contribution in [2.75, 3.05) is 6.54 Å². The summed E-state index contributed by atoms with van der Waals surface area (Å²) in [5.74, 6) is -1.94. The van der Waals surface area contributed by atoms with Gasteiger partial charge in [-0.3, -0.25) is 9.78 Å². The highest BCUT2D eigenvalue weighted by atomic mass is 19.4. The highest BCUT2D eigenvalue weighted by molar-refractivity contribution is 5.96. The predicted octanol–water partition coefficient (Wildman–Crippen LogP) is 3.00. The van der Waals surface area contributed by atoms with Gasteiger partial charge in [0, 0.05) is 37.0 Å². The average Bonchev–Trinajstić information content (AvgIpc) is 2.59. The number of aromatic carboxylic acids is 1. The number of carboxylic acids is 1. The Morgan fingerprint density at radius 2 is 1.84 bits per heavy atom. The number of nitrogens with zero attached hydrogens (tertiary/aromatic N) is 2. The molecule has 8 heteroatoms. The fraction of sp³-hybridized carbons (Fsp3) is 0.235. The molecule has 1 aliphatic rings. The van der Waals surface area contributed by atoms with Gasteiger partial charge >= 0.3 is 12.1 Å². The van der Waals surface area contributed by atoms with Gasteiger partial charge in [-0.15, -0.1) is 0 Å². The van der Waals surface area contributed by atoms with E-state index in [9.17, 15) is 27.9 Å². The molecule has 5 nitrogen and oxygen atoms in total. The summed E-state index contributed by atoms with van der Waals surface area (Å²) in [6, 6.07) is 5.89. The minimum atomic E-state index is -4.65. The SMILES string of the molecule is O=C(O)c1ccnc2c1CN(C(=O)c1ccccc1C(F)(F)F)CC2. The molecule has 25 heavy (non-hydrogen) atoms. The third-order valence-corrected chi connectivity index (χ3v) is 4.09. The molecule has 1 aromatic heterocycles. The van der Waals surface area contributed by atoms with Gasteiger partial charge in [0.05, 0.1) is 16.7 Å². The molecule has 130 valence electrons. The summed E-state index contributed by atoms with van der Waals surface area (Å²) >= 11 is 0. The molecule has 0 atom stereocenters. The van der Waals surface area contributed by atoms with Crippen LogP contribution >= 0.6 is 0 Å². The minimum absolute atomic E-state index is 0.00612. The van der Waals surface area contributed by atoms with Crippen LogP contribution in [-0.2, 0) is 19.1 Å². The van der Waals surface area contributed by atoms with Gasteiger partial charge in [-0.05, 0) is 18.2 Å². The number of benzene rings is 1. The first kappa shape index (κ1) is 16.9. The van der Waals surface area contributed by atoms with Crippen LogP contribution in [0.25, 0.3) is 0 Å². The molecule has 1 amide bonds. The quantitative estimate of drug-likeness (QED) is 0.904. The molecule has 1 N–H and O–H groups in total. The lowest BCUT2D eigenvalue weighted by Crippen LogP contribution is -2.38. The van der Waals surface area contributed by atoms with E-state index in [0.29, 0.717) is 11.3 Å². The van der Waals surface area contributed by atoms with Crippen molar-refractivity contribution in [3.8, 4) is 0 Å². The van der Waals surface area contributed by atoms with Gasteiger partial charge < -0.3 is 10.0 Å². The van der Waals surface area contributed by atoms with Crippen LogP contribution in [0.2, 0.25) is 0 Å². The van der Waals surface area contributed by atoms with Crippen LogP contribution < -0.4 is 0 Å². The van der Waals surface area contributed by atoms with Crippen molar-refractivity contribution in [1.82, 2.24) is 9.88 Å². The predicted molar refractivity (Wildman–Crippen MR) is 81.1 cm³/mol. The van der Waals surface area contributed by atoms with Crippen LogP contribution in [-0.4, -0.2) is 33.4 Å². The molecule has 1 aliphatic heterocycles. The second kappa shape index (κ2) is 6.19. The number of hydrogen-bond donors (Lipinski definition) is 1. The molecule has 2 aromatic rings. The molecular formula is C17H13F3N2O3. The van der Waals surface area contributed by atoms with Crippen LogP contribution in [0.4, 0.5) is 13.2 Å². The second-order valence-electron chi connectivity index (χ2n) is 5.61. The maximum atomic E-state index is 13.1. The molecule has 1 aromatic carbocycles. The van der Waals surface area contributed by atoms with Gasteiger partial charge in [0.15, 0.2) is 0 Å². The highest BCUT2D eigenvalue weighted by Gasteiger charge is 2.36. The number of amides is 1. The average molecular weight is 350 g/mol. The van der Waals surface area contributed by atoms with Crippen molar-refractivity contribution in [2.24, 2.45) is 0 Å². The van der Waals surface area contributed by atoms with E-state index in [-0.39, 0.29) is 25.1 Å². The Morgan fingerprint density at radius 1 is 1.12 bits per heavy atom. The van der Waals surface area contributed by atoms with E-state index in [1.54, 1.807) is 0 Å². The second-order valence-corrected chi connectivity index (χ2v) is 5.61. The summed E-state index contributed by atoms with van der Waals surface area (Å²) in [5.41, 5.74) is -0.534. The van der Waals surface area contributed by atoms with Gasteiger partial charge in [-0.25, -0.2) is 4.79 Å². The van der Waals surface area contributed by atoms with Gasteiger partial charge in [-0.2, -0.15) is 13.2 Å². The summed E-state index contributed by atoms with van der Waals surface area (Å²) in [6.07, 6.45) is -2.98. The van der Waals surface area contributed by atoms with Crippen molar-refractivity contribution < 1.29 is 27.9 Å². The number of carboxylic acid groups (broad SMARTS) is 1. The number of alkyl halides is 3. The molecule has 2 heterocycles. The monoisotopic (exact) mass is 350 g/mol. The van der Waals surface area contributed by atoms with Crippen molar-refractivity contribution in [3.05, 3.63) is 64.5 Å². The number of fused-ring (bicyclic) bond motifs is 1. The Morgan fingerprint density at radius 3 is 2.52 bits per heavy atom. The number of carbonyl (C=O) groups is 2. The Balaban J connectivity index is 1.96. The third-order valence-electron chi connectivity index (χ3n) is 4.09. The third kappa shape index (κ3) is 3.19. The smallest absolute Gasteiger partial charge is 0.417 e. The van der Waals surface area contributed by atoms with E-state index in [4.69, 9.17) is 0 Å². The van der Waals surface area contributed by atoms with Gasteiger partial charge in [0.25, 0.3) is 5.91 Å². The molecule has 0 radical (unpaired) electrons. The summed E-state index contributed by atoms with van der Waals surface area (Å²) < 4.78 is 39.4. The van der Waals surface area contributed by atoms with Gasteiger partial charge in [-0.1, -0.05) is 12.1 Å². The lowest BCUT2D eigenvalue weighted by molar-refractivity contribution is -0.138. The van der Waals surface area contributed by atoms with E-state index in [1.165, 1.54) is 29.3 Å².